The van der Waals surface area contributed by atoms with Gasteiger partial charge in [-0.15, -0.1) is 0 Å². The third kappa shape index (κ3) is 3.60. The number of rotatable bonds is 4. The summed E-state index contributed by atoms with van der Waals surface area (Å²) in [5.41, 5.74) is 5.76. The Morgan fingerprint density at radius 3 is 2.53 bits per heavy atom. The molecule has 5 rings (SSSR count). The maximum absolute atomic E-state index is 13.8. The van der Waals surface area contributed by atoms with Crippen LogP contribution in [0.4, 0.5) is 8.78 Å². The molecular formula is C26H28F2N2O2. The number of nitrogens with zero attached hydrogens (tertiary/aromatic N) is 1. The number of fused-ring (bicyclic) bond motifs is 1. The largest absolute Gasteiger partial charge is 0.478 e. The van der Waals surface area contributed by atoms with E-state index in [9.17, 15) is 18.7 Å². The van der Waals surface area contributed by atoms with E-state index < -0.39 is 11.9 Å². The van der Waals surface area contributed by atoms with Gasteiger partial charge in [-0.1, -0.05) is 18.2 Å². The summed E-state index contributed by atoms with van der Waals surface area (Å²) in [7, 11) is 0. The molecule has 0 bridgehead atoms. The van der Waals surface area contributed by atoms with Crippen molar-refractivity contribution in [3.05, 3.63) is 70.4 Å². The molecule has 32 heavy (non-hydrogen) atoms. The molecule has 1 saturated carbocycles. The van der Waals surface area contributed by atoms with Crippen molar-refractivity contribution in [3.8, 4) is 0 Å². The van der Waals surface area contributed by atoms with Gasteiger partial charge in [0.15, 0.2) is 0 Å². The Morgan fingerprint density at radius 1 is 1.16 bits per heavy atom. The van der Waals surface area contributed by atoms with Crippen LogP contribution in [0.2, 0.25) is 0 Å². The number of carbonyl (C=O) groups is 1. The summed E-state index contributed by atoms with van der Waals surface area (Å²) in [6.07, 6.45) is 3.33. The van der Waals surface area contributed by atoms with Gasteiger partial charge in [-0.25, -0.2) is 13.6 Å². The number of halogens is 2. The molecule has 2 heterocycles. The second-order valence-electron chi connectivity index (χ2n) is 9.83. The lowest BCUT2D eigenvalue weighted by atomic mass is 9.59. The van der Waals surface area contributed by atoms with Gasteiger partial charge < -0.3 is 10.1 Å². The highest BCUT2D eigenvalue weighted by atomic mass is 19.3. The molecule has 2 aliphatic rings. The van der Waals surface area contributed by atoms with Gasteiger partial charge in [-0.05, 0) is 79.1 Å². The molecule has 1 spiro atoms. The van der Waals surface area contributed by atoms with Gasteiger partial charge in [0, 0.05) is 42.5 Å². The molecule has 3 aromatic rings. The number of aromatic carboxylic acids is 1. The number of aromatic amines is 1. The summed E-state index contributed by atoms with van der Waals surface area (Å²) in [6, 6.07) is 11.2. The zero-order valence-corrected chi connectivity index (χ0v) is 18.4. The van der Waals surface area contributed by atoms with Crippen molar-refractivity contribution in [1.29, 1.82) is 0 Å². The Balaban J connectivity index is 1.49. The number of H-pyrrole nitrogens is 1. The first-order valence-electron chi connectivity index (χ1n) is 11.2. The average Bonchev–Trinajstić information content (AvgIpc) is 3.21. The highest BCUT2D eigenvalue weighted by Gasteiger charge is 2.58. The number of aromatic nitrogens is 1. The Hall–Kier alpha value is -2.73. The molecule has 0 unspecified atom stereocenters. The lowest BCUT2D eigenvalue weighted by Gasteiger charge is -2.54. The number of nitrogens with one attached hydrogen (secondary N) is 1. The molecule has 1 atom stereocenters. The van der Waals surface area contributed by atoms with Crippen molar-refractivity contribution >= 4 is 16.9 Å². The van der Waals surface area contributed by atoms with Gasteiger partial charge in [0.2, 0.25) is 5.92 Å². The zero-order valence-electron chi connectivity index (χ0n) is 18.4. The topological polar surface area (TPSA) is 56.3 Å². The van der Waals surface area contributed by atoms with E-state index in [1.165, 1.54) is 22.1 Å². The standard InChI is InChI=1S/C26H28F2N2O2/c1-16-11-17(2)23-20(7-9-29-23)21(16)13-30-10-8-25(14-26(27,28)15-25)12-22(30)18-3-5-19(6-4-18)24(31)32/h3-7,9,11,22,29H,8,10,12-15H2,1-2H3,(H,31,32)/t22-/m0/s1. The summed E-state index contributed by atoms with van der Waals surface area (Å²) >= 11 is 0. The highest BCUT2D eigenvalue weighted by Crippen LogP contribution is 2.60. The smallest absolute Gasteiger partial charge is 0.335 e. The first-order valence-corrected chi connectivity index (χ1v) is 11.2. The Morgan fingerprint density at radius 2 is 1.88 bits per heavy atom. The Bertz CT molecular complexity index is 1170. The fourth-order valence-corrected chi connectivity index (χ4v) is 5.97. The van der Waals surface area contributed by atoms with Crippen LogP contribution in [-0.4, -0.2) is 33.4 Å². The maximum atomic E-state index is 13.8. The van der Waals surface area contributed by atoms with E-state index in [0.29, 0.717) is 6.42 Å². The van der Waals surface area contributed by atoms with Crippen LogP contribution >= 0.6 is 0 Å². The number of likely N-dealkylation sites (tertiary alicyclic amines) is 1. The van der Waals surface area contributed by atoms with E-state index >= 15 is 0 Å². The molecule has 0 radical (unpaired) electrons. The summed E-state index contributed by atoms with van der Waals surface area (Å²) < 4.78 is 27.7. The quantitative estimate of drug-likeness (QED) is 0.507. The van der Waals surface area contributed by atoms with Crippen molar-refractivity contribution in [2.24, 2.45) is 5.41 Å². The molecule has 1 aliphatic carbocycles. The van der Waals surface area contributed by atoms with Crippen molar-refractivity contribution in [3.63, 3.8) is 0 Å². The van der Waals surface area contributed by atoms with Crippen LogP contribution in [0.1, 0.15) is 64.3 Å². The van der Waals surface area contributed by atoms with Crippen LogP contribution in [0, 0.1) is 19.3 Å². The molecule has 6 heteroatoms. The summed E-state index contributed by atoms with van der Waals surface area (Å²) in [5, 5.41) is 10.5. The van der Waals surface area contributed by atoms with Crippen molar-refractivity contribution in [2.75, 3.05) is 6.54 Å². The number of alkyl halides is 2. The van der Waals surface area contributed by atoms with Crippen LogP contribution in [-0.2, 0) is 6.54 Å². The normalized spacial score (nSPS) is 22.2. The number of aryl methyl sites for hydroxylation is 2. The minimum absolute atomic E-state index is 0.0163. The van der Waals surface area contributed by atoms with Crippen LogP contribution < -0.4 is 0 Å². The molecule has 1 aromatic heterocycles. The molecule has 1 aliphatic heterocycles. The first kappa shape index (κ1) is 21.1. The summed E-state index contributed by atoms with van der Waals surface area (Å²) in [6.45, 7) is 5.71. The first-order chi connectivity index (χ1) is 15.2. The van der Waals surface area contributed by atoms with E-state index in [0.717, 1.165) is 30.6 Å². The van der Waals surface area contributed by atoms with Gasteiger partial charge in [-0.2, -0.15) is 0 Å². The third-order valence-electron chi connectivity index (χ3n) is 7.54. The highest BCUT2D eigenvalue weighted by molar-refractivity contribution is 5.88. The Kier molecular flexibility index (Phi) is 4.89. The van der Waals surface area contributed by atoms with E-state index in [1.807, 2.05) is 18.3 Å². The second-order valence-corrected chi connectivity index (χ2v) is 9.83. The van der Waals surface area contributed by atoms with E-state index in [4.69, 9.17) is 0 Å². The molecular weight excluding hydrogens is 410 g/mol. The molecule has 168 valence electrons. The second kappa shape index (κ2) is 7.41. The van der Waals surface area contributed by atoms with Crippen molar-refractivity contribution in [1.82, 2.24) is 9.88 Å². The van der Waals surface area contributed by atoms with Crippen LogP contribution in [0.15, 0.2) is 42.6 Å². The number of piperidine rings is 1. The minimum atomic E-state index is -2.55. The van der Waals surface area contributed by atoms with E-state index in [1.54, 1.807) is 12.1 Å². The predicted octanol–water partition coefficient (Wildman–Crippen LogP) is 6.24. The molecule has 4 nitrogen and oxygen atoms in total. The number of hydrogen-bond acceptors (Lipinski definition) is 2. The van der Waals surface area contributed by atoms with Gasteiger partial charge in [0.1, 0.15) is 0 Å². The number of hydrogen-bond donors (Lipinski definition) is 2. The van der Waals surface area contributed by atoms with Crippen LogP contribution in [0.3, 0.4) is 0 Å². The fourth-order valence-electron chi connectivity index (χ4n) is 5.97. The number of carboxylic acids is 1. The molecule has 2 aromatic carbocycles. The molecule has 0 amide bonds. The predicted molar refractivity (Wildman–Crippen MR) is 120 cm³/mol. The van der Waals surface area contributed by atoms with Crippen molar-refractivity contribution < 1.29 is 18.7 Å². The van der Waals surface area contributed by atoms with Gasteiger partial charge in [-0.3, -0.25) is 4.90 Å². The number of benzene rings is 2. The van der Waals surface area contributed by atoms with Gasteiger partial charge >= 0.3 is 5.97 Å². The lowest BCUT2D eigenvalue weighted by Crippen LogP contribution is -2.53. The number of carboxylic acid groups (broad SMARTS) is 1. The van der Waals surface area contributed by atoms with Gasteiger partial charge in [0.05, 0.1) is 5.56 Å². The lowest BCUT2D eigenvalue weighted by molar-refractivity contribution is -0.186. The fraction of sp³-hybridized carbons (Fsp3) is 0.423. The molecule has 2 N–H and O–H groups in total. The van der Waals surface area contributed by atoms with Crippen LogP contribution in [0.5, 0.6) is 0 Å². The molecule has 2 fully saturated rings. The zero-order chi connectivity index (χ0) is 22.7. The van der Waals surface area contributed by atoms with Crippen molar-refractivity contribution in [2.45, 2.75) is 58.0 Å². The Labute approximate surface area is 186 Å². The third-order valence-corrected chi connectivity index (χ3v) is 7.54. The monoisotopic (exact) mass is 438 g/mol. The van der Waals surface area contributed by atoms with E-state index in [-0.39, 0.29) is 29.9 Å². The SMILES string of the molecule is Cc1cc(C)c2[nH]ccc2c1CN1CCC2(C[C@H]1c1ccc(C(=O)O)cc1)CC(F)(F)C2. The summed E-state index contributed by atoms with van der Waals surface area (Å²) in [5.74, 6) is -3.51. The van der Waals surface area contributed by atoms with E-state index in [2.05, 4.69) is 35.9 Å². The minimum Gasteiger partial charge on any atom is -0.478 e. The molecule has 1 saturated heterocycles. The van der Waals surface area contributed by atoms with Gasteiger partial charge in [0.25, 0.3) is 0 Å². The van der Waals surface area contributed by atoms with Crippen LogP contribution in [0.25, 0.3) is 10.9 Å². The summed E-state index contributed by atoms with van der Waals surface area (Å²) in [4.78, 5) is 17.0. The average molecular weight is 439 g/mol. The maximum Gasteiger partial charge on any atom is 0.335 e.